The summed E-state index contributed by atoms with van der Waals surface area (Å²) in [7, 11) is -3.86. The number of nitrogens with one attached hydrogen (secondary N) is 1. The van der Waals surface area contributed by atoms with E-state index < -0.39 is 10.0 Å². The molecule has 1 saturated heterocycles. The SMILES string of the molecule is Cc1noc(CCCNC(=O)c2ccc(Cl)c(S(=O)(=O)N3C[C@H](C)O[C@@H](C)C3)c2)n1. The third kappa shape index (κ3) is 5.37. The van der Waals surface area contributed by atoms with Crippen LogP contribution in [0.3, 0.4) is 0 Å². The van der Waals surface area contributed by atoms with E-state index in [1.807, 2.05) is 13.8 Å². The van der Waals surface area contributed by atoms with Crippen molar-refractivity contribution in [1.29, 1.82) is 0 Å². The highest BCUT2D eigenvalue weighted by atomic mass is 35.5. The highest BCUT2D eigenvalue weighted by molar-refractivity contribution is 7.89. The molecule has 1 fully saturated rings. The van der Waals surface area contributed by atoms with Crippen LogP contribution < -0.4 is 5.32 Å². The average molecular weight is 457 g/mol. The van der Waals surface area contributed by atoms with Gasteiger partial charge in [0.15, 0.2) is 5.82 Å². The Kier molecular flexibility index (Phi) is 7.12. The van der Waals surface area contributed by atoms with Crippen LogP contribution in [0.2, 0.25) is 5.02 Å². The molecule has 164 valence electrons. The number of morpholine rings is 1. The Morgan fingerprint density at radius 3 is 2.63 bits per heavy atom. The molecule has 1 amide bonds. The van der Waals surface area contributed by atoms with Crippen molar-refractivity contribution in [2.75, 3.05) is 19.6 Å². The zero-order chi connectivity index (χ0) is 21.9. The van der Waals surface area contributed by atoms with Gasteiger partial charge in [-0.05, 0) is 45.4 Å². The van der Waals surface area contributed by atoms with Crippen molar-refractivity contribution in [2.24, 2.45) is 0 Å². The first kappa shape index (κ1) is 22.7. The molecule has 9 nitrogen and oxygen atoms in total. The quantitative estimate of drug-likeness (QED) is 0.635. The summed E-state index contributed by atoms with van der Waals surface area (Å²) in [6.45, 7) is 6.21. The Morgan fingerprint density at radius 1 is 1.30 bits per heavy atom. The summed E-state index contributed by atoms with van der Waals surface area (Å²) < 4.78 is 38.2. The minimum absolute atomic E-state index is 0.0742. The van der Waals surface area contributed by atoms with Gasteiger partial charge in [0.1, 0.15) is 4.90 Å². The summed E-state index contributed by atoms with van der Waals surface area (Å²) in [5.74, 6) is 0.692. The van der Waals surface area contributed by atoms with Gasteiger partial charge in [0.2, 0.25) is 15.9 Å². The van der Waals surface area contributed by atoms with Gasteiger partial charge in [0.25, 0.3) is 5.91 Å². The van der Waals surface area contributed by atoms with Crippen LogP contribution in [0.4, 0.5) is 0 Å². The van der Waals surface area contributed by atoms with E-state index in [0.717, 1.165) is 0 Å². The lowest BCUT2D eigenvalue weighted by atomic mass is 10.2. The third-order valence-corrected chi connectivity index (χ3v) is 6.93. The normalized spacial score (nSPS) is 20.3. The second kappa shape index (κ2) is 9.42. The number of carbonyl (C=O) groups is 1. The van der Waals surface area contributed by atoms with Crippen LogP contribution in [0.15, 0.2) is 27.6 Å². The van der Waals surface area contributed by atoms with Crippen molar-refractivity contribution >= 4 is 27.5 Å². The van der Waals surface area contributed by atoms with Gasteiger partial charge in [-0.25, -0.2) is 8.42 Å². The molecule has 0 unspecified atom stereocenters. The number of benzene rings is 1. The molecule has 30 heavy (non-hydrogen) atoms. The maximum atomic E-state index is 13.1. The second-order valence-corrected chi connectivity index (χ2v) is 9.63. The summed E-state index contributed by atoms with van der Waals surface area (Å²) in [6.07, 6.45) is 0.692. The van der Waals surface area contributed by atoms with E-state index in [1.165, 1.54) is 22.5 Å². The number of hydrogen-bond donors (Lipinski definition) is 1. The van der Waals surface area contributed by atoms with Crippen molar-refractivity contribution in [2.45, 2.75) is 50.7 Å². The lowest BCUT2D eigenvalue weighted by Crippen LogP contribution is -2.48. The maximum Gasteiger partial charge on any atom is 0.251 e. The first-order chi connectivity index (χ1) is 14.2. The number of ether oxygens (including phenoxy) is 1. The van der Waals surface area contributed by atoms with Crippen LogP contribution in [0.5, 0.6) is 0 Å². The lowest BCUT2D eigenvalue weighted by molar-refractivity contribution is -0.0440. The smallest absolute Gasteiger partial charge is 0.251 e. The zero-order valence-electron chi connectivity index (χ0n) is 17.1. The minimum Gasteiger partial charge on any atom is -0.373 e. The summed E-state index contributed by atoms with van der Waals surface area (Å²) in [5, 5.41) is 6.55. The van der Waals surface area contributed by atoms with Gasteiger partial charge < -0.3 is 14.6 Å². The molecule has 0 bridgehead atoms. The van der Waals surface area contributed by atoms with Gasteiger partial charge in [-0.1, -0.05) is 16.8 Å². The van der Waals surface area contributed by atoms with Crippen LogP contribution in [-0.4, -0.2) is 60.6 Å². The summed E-state index contributed by atoms with van der Waals surface area (Å²) in [6, 6.07) is 4.25. The predicted octanol–water partition coefficient (Wildman–Crippen LogP) is 2.19. The van der Waals surface area contributed by atoms with E-state index in [2.05, 4.69) is 15.5 Å². The van der Waals surface area contributed by atoms with Crippen LogP contribution in [0, 0.1) is 6.92 Å². The number of rotatable bonds is 7. The van der Waals surface area contributed by atoms with Gasteiger partial charge in [-0.15, -0.1) is 0 Å². The van der Waals surface area contributed by atoms with Crippen molar-refractivity contribution in [1.82, 2.24) is 19.8 Å². The number of carbonyl (C=O) groups excluding carboxylic acids is 1. The maximum absolute atomic E-state index is 13.1. The Hall–Kier alpha value is -2.01. The number of aryl methyl sites for hydroxylation is 2. The first-order valence-electron chi connectivity index (χ1n) is 9.69. The standard InChI is InChI=1S/C19H25ClN4O5S/c1-12-10-24(11-13(2)28-12)30(26,27)17-9-15(6-7-16(17)20)19(25)21-8-4-5-18-22-14(3)23-29-18/h6-7,9,12-13H,4-5,8,10-11H2,1-3H3,(H,21,25)/t12-,13-/m0/s1. The Labute approximate surface area is 180 Å². The molecule has 2 heterocycles. The Morgan fingerprint density at radius 2 is 2.00 bits per heavy atom. The molecule has 0 spiro atoms. The van der Waals surface area contributed by atoms with Crippen molar-refractivity contribution in [3.05, 3.63) is 40.5 Å². The summed E-state index contributed by atoms with van der Waals surface area (Å²) >= 11 is 6.18. The summed E-state index contributed by atoms with van der Waals surface area (Å²) in [4.78, 5) is 16.5. The second-order valence-electron chi connectivity index (χ2n) is 7.32. The van der Waals surface area contributed by atoms with E-state index in [1.54, 1.807) is 6.92 Å². The zero-order valence-corrected chi connectivity index (χ0v) is 18.7. The van der Waals surface area contributed by atoms with E-state index in [-0.39, 0.29) is 46.7 Å². The third-order valence-electron chi connectivity index (χ3n) is 4.62. The number of nitrogens with zero attached hydrogens (tertiary/aromatic N) is 3. The molecule has 11 heteroatoms. The number of aromatic nitrogens is 2. The van der Waals surface area contributed by atoms with Crippen LogP contribution in [0.25, 0.3) is 0 Å². The fourth-order valence-electron chi connectivity index (χ4n) is 3.29. The van der Waals surface area contributed by atoms with Gasteiger partial charge >= 0.3 is 0 Å². The highest BCUT2D eigenvalue weighted by Gasteiger charge is 2.33. The van der Waals surface area contributed by atoms with Crippen molar-refractivity contribution in [3.8, 4) is 0 Å². The molecule has 0 radical (unpaired) electrons. The predicted molar refractivity (Wildman–Crippen MR) is 110 cm³/mol. The molecule has 0 aliphatic carbocycles. The highest BCUT2D eigenvalue weighted by Crippen LogP contribution is 2.28. The molecule has 3 rings (SSSR count). The lowest BCUT2D eigenvalue weighted by Gasteiger charge is -2.34. The molecule has 2 aromatic rings. The van der Waals surface area contributed by atoms with Gasteiger partial charge in [0, 0.05) is 31.6 Å². The van der Waals surface area contributed by atoms with E-state index in [0.29, 0.717) is 31.1 Å². The molecule has 1 aromatic carbocycles. The monoisotopic (exact) mass is 456 g/mol. The molecule has 0 saturated carbocycles. The van der Waals surface area contributed by atoms with E-state index in [9.17, 15) is 13.2 Å². The van der Waals surface area contributed by atoms with Gasteiger partial charge in [-0.3, -0.25) is 4.79 Å². The molecule has 2 atom stereocenters. The molecular formula is C19H25ClN4O5S. The molecule has 1 aliphatic rings. The largest absolute Gasteiger partial charge is 0.373 e. The number of hydrogen-bond acceptors (Lipinski definition) is 7. The Bertz CT molecular complexity index is 1000. The summed E-state index contributed by atoms with van der Waals surface area (Å²) in [5.41, 5.74) is 0.223. The van der Waals surface area contributed by atoms with Crippen molar-refractivity contribution < 1.29 is 22.5 Å². The van der Waals surface area contributed by atoms with Crippen LogP contribution in [0.1, 0.15) is 42.3 Å². The first-order valence-corrected chi connectivity index (χ1v) is 11.5. The fraction of sp³-hybridized carbons (Fsp3) is 0.526. The average Bonchev–Trinajstić information content (AvgIpc) is 3.09. The van der Waals surface area contributed by atoms with E-state index in [4.69, 9.17) is 20.9 Å². The molecular weight excluding hydrogens is 432 g/mol. The van der Waals surface area contributed by atoms with E-state index >= 15 is 0 Å². The number of halogens is 1. The molecule has 1 N–H and O–H groups in total. The number of amides is 1. The molecule has 1 aromatic heterocycles. The van der Waals surface area contributed by atoms with Gasteiger partial charge in [0.05, 0.1) is 17.2 Å². The fourth-order valence-corrected chi connectivity index (χ4v) is 5.38. The van der Waals surface area contributed by atoms with Crippen LogP contribution in [-0.2, 0) is 21.2 Å². The van der Waals surface area contributed by atoms with Crippen molar-refractivity contribution in [3.63, 3.8) is 0 Å². The van der Waals surface area contributed by atoms with Crippen LogP contribution >= 0.6 is 11.6 Å². The number of sulfonamides is 1. The topological polar surface area (TPSA) is 115 Å². The Balaban J connectivity index is 1.67. The van der Waals surface area contributed by atoms with Gasteiger partial charge in [-0.2, -0.15) is 9.29 Å². The minimum atomic E-state index is -3.86. The molecule has 1 aliphatic heterocycles.